The Morgan fingerprint density at radius 1 is 1.27 bits per heavy atom. The van der Waals surface area contributed by atoms with Gasteiger partial charge < -0.3 is 14.8 Å². The molecule has 1 N–H and O–H groups in total. The molecule has 1 aliphatic rings. The van der Waals surface area contributed by atoms with Crippen molar-refractivity contribution in [1.29, 1.82) is 0 Å². The van der Waals surface area contributed by atoms with E-state index < -0.39 is 5.41 Å². The van der Waals surface area contributed by atoms with E-state index in [-0.39, 0.29) is 5.91 Å². The molecule has 1 aromatic carbocycles. The summed E-state index contributed by atoms with van der Waals surface area (Å²) in [6, 6.07) is 8.75. The van der Waals surface area contributed by atoms with Gasteiger partial charge in [-0.1, -0.05) is 29.3 Å². The third kappa shape index (κ3) is 3.95. The highest BCUT2D eigenvalue weighted by atomic mass is 35.5. The van der Waals surface area contributed by atoms with Crippen LogP contribution < -0.4 is 10.1 Å². The second kappa shape index (κ2) is 8.25. The molecule has 1 aliphatic heterocycles. The van der Waals surface area contributed by atoms with Crippen molar-refractivity contribution in [2.24, 2.45) is 0 Å². The van der Waals surface area contributed by atoms with Crippen LogP contribution in [0.1, 0.15) is 25.3 Å². The monoisotopic (exact) mass is 394 g/mol. The maximum Gasteiger partial charge on any atom is 0.235 e. The first-order valence-electron chi connectivity index (χ1n) is 8.49. The molecule has 7 heteroatoms. The van der Waals surface area contributed by atoms with E-state index in [1.54, 1.807) is 30.5 Å². The van der Waals surface area contributed by atoms with Crippen molar-refractivity contribution in [2.45, 2.75) is 25.2 Å². The first-order valence-corrected chi connectivity index (χ1v) is 9.24. The highest BCUT2D eigenvalue weighted by molar-refractivity contribution is 6.35. The molecule has 0 bridgehead atoms. The summed E-state index contributed by atoms with van der Waals surface area (Å²) in [6.45, 7) is 3.42. The van der Waals surface area contributed by atoms with Gasteiger partial charge in [0.1, 0.15) is 0 Å². The van der Waals surface area contributed by atoms with E-state index in [0.29, 0.717) is 54.3 Å². The Labute approximate surface area is 162 Å². The number of carbonyl (C=O) groups excluding carboxylic acids is 1. The number of anilines is 1. The summed E-state index contributed by atoms with van der Waals surface area (Å²) in [4.78, 5) is 17.4. The van der Waals surface area contributed by atoms with Crippen LogP contribution in [-0.2, 0) is 14.9 Å². The highest BCUT2D eigenvalue weighted by Gasteiger charge is 2.43. The standard InChI is InChI=1S/C19H20Cl2N2O3/c1-2-26-17-6-4-14(12-22-17)23-18(24)19(7-9-25-10-8-19)15-5-3-13(20)11-16(15)21/h3-6,11-12H,2,7-10H2,1H3,(H,23,24). The van der Waals surface area contributed by atoms with E-state index in [2.05, 4.69) is 10.3 Å². The van der Waals surface area contributed by atoms with Crippen LogP contribution in [-0.4, -0.2) is 30.7 Å². The van der Waals surface area contributed by atoms with Crippen LogP contribution in [0.5, 0.6) is 5.88 Å². The lowest BCUT2D eigenvalue weighted by Gasteiger charge is -2.36. The summed E-state index contributed by atoms with van der Waals surface area (Å²) in [5.41, 5.74) is 0.607. The van der Waals surface area contributed by atoms with E-state index in [4.69, 9.17) is 32.7 Å². The fourth-order valence-corrected chi connectivity index (χ4v) is 3.74. The van der Waals surface area contributed by atoms with Gasteiger partial charge in [0, 0.05) is 29.3 Å². The summed E-state index contributed by atoms with van der Waals surface area (Å²) >= 11 is 12.4. The SMILES string of the molecule is CCOc1ccc(NC(=O)C2(c3ccc(Cl)cc3Cl)CCOCC2)cn1. The number of rotatable bonds is 5. The fourth-order valence-electron chi connectivity index (χ4n) is 3.15. The maximum atomic E-state index is 13.2. The minimum atomic E-state index is -0.765. The van der Waals surface area contributed by atoms with Crippen molar-refractivity contribution in [3.63, 3.8) is 0 Å². The number of aromatic nitrogens is 1. The first-order chi connectivity index (χ1) is 12.5. The number of hydrogen-bond acceptors (Lipinski definition) is 4. The Balaban J connectivity index is 1.88. The van der Waals surface area contributed by atoms with Crippen molar-refractivity contribution >= 4 is 34.8 Å². The van der Waals surface area contributed by atoms with E-state index in [1.165, 1.54) is 0 Å². The van der Waals surface area contributed by atoms with Crippen molar-refractivity contribution in [2.75, 3.05) is 25.1 Å². The summed E-state index contributed by atoms with van der Waals surface area (Å²) in [7, 11) is 0. The molecule has 138 valence electrons. The lowest BCUT2D eigenvalue weighted by atomic mass is 9.73. The third-order valence-corrected chi connectivity index (χ3v) is 5.06. The predicted molar refractivity (Wildman–Crippen MR) is 102 cm³/mol. The summed E-state index contributed by atoms with van der Waals surface area (Å²) in [5.74, 6) is 0.392. The number of nitrogens with zero attached hydrogens (tertiary/aromatic N) is 1. The van der Waals surface area contributed by atoms with Gasteiger partial charge >= 0.3 is 0 Å². The molecule has 1 saturated heterocycles. The second-order valence-corrected chi connectivity index (χ2v) is 6.93. The molecule has 0 aliphatic carbocycles. The smallest absolute Gasteiger partial charge is 0.235 e. The molecule has 1 aromatic heterocycles. The van der Waals surface area contributed by atoms with Crippen molar-refractivity contribution < 1.29 is 14.3 Å². The van der Waals surface area contributed by atoms with E-state index in [9.17, 15) is 4.79 Å². The van der Waals surface area contributed by atoms with Gasteiger partial charge in [-0.15, -0.1) is 0 Å². The zero-order valence-electron chi connectivity index (χ0n) is 14.4. The zero-order chi connectivity index (χ0) is 18.6. The Kier molecular flexibility index (Phi) is 6.01. The minimum Gasteiger partial charge on any atom is -0.478 e. The number of halogens is 2. The average molecular weight is 395 g/mol. The van der Waals surface area contributed by atoms with E-state index in [1.807, 2.05) is 13.0 Å². The molecule has 1 fully saturated rings. The Morgan fingerprint density at radius 2 is 2.04 bits per heavy atom. The molecule has 5 nitrogen and oxygen atoms in total. The number of hydrogen-bond donors (Lipinski definition) is 1. The van der Waals surface area contributed by atoms with Crippen LogP contribution in [0.15, 0.2) is 36.5 Å². The summed E-state index contributed by atoms with van der Waals surface area (Å²) < 4.78 is 10.8. The van der Waals surface area contributed by atoms with E-state index >= 15 is 0 Å². The number of carbonyl (C=O) groups is 1. The molecule has 3 rings (SSSR count). The van der Waals surface area contributed by atoms with E-state index in [0.717, 1.165) is 5.56 Å². The van der Waals surface area contributed by atoms with Gasteiger partial charge in [0.15, 0.2) is 0 Å². The first kappa shape index (κ1) is 19.0. The molecule has 0 unspecified atom stereocenters. The van der Waals surface area contributed by atoms with Gasteiger partial charge in [0.05, 0.1) is 23.9 Å². The van der Waals surface area contributed by atoms with Crippen molar-refractivity contribution in [3.8, 4) is 5.88 Å². The van der Waals surface area contributed by atoms with Crippen molar-refractivity contribution in [1.82, 2.24) is 4.98 Å². The largest absolute Gasteiger partial charge is 0.478 e. The molecule has 0 atom stereocenters. The van der Waals surface area contributed by atoms with Gasteiger partial charge in [-0.3, -0.25) is 4.79 Å². The lowest BCUT2D eigenvalue weighted by Crippen LogP contribution is -2.45. The topological polar surface area (TPSA) is 60.5 Å². The van der Waals surface area contributed by atoms with Gasteiger partial charge in [-0.25, -0.2) is 4.98 Å². The quantitative estimate of drug-likeness (QED) is 0.812. The molecule has 2 aromatic rings. The van der Waals surface area contributed by atoms with Gasteiger partial charge in [-0.05, 0) is 43.5 Å². The molecule has 1 amide bonds. The summed E-state index contributed by atoms with van der Waals surface area (Å²) in [6.07, 6.45) is 2.68. The van der Waals surface area contributed by atoms with Crippen LogP contribution in [0, 0.1) is 0 Å². The normalized spacial score (nSPS) is 16.1. The third-order valence-electron chi connectivity index (χ3n) is 4.51. The lowest BCUT2D eigenvalue weighted by molar-refractivity contribution is -0.125. The number of ether oxygens (including phenoxy) is 2. The van der Waals surface area contributed by atoms with Crippen LogP contribution in [0.3, 0.4) is 0 Å². The molecular formula is C19H20Cl2N2O3. The van der Waals surface area contributed by atoms with Crippen LogP contribution in [0.4, 0.5) is 5.69 Å². The average Bonchev–Trinajstić information content (AvgIpc) is 2.64. The van der Waals surface area contributed by atoms with Gasteiger partial charge in [-0.2, -0.15) is 0 Å². The molecule has 0 saturated carbocycles. The summed E-state index contributed by atoms with van der Waals surface area (Å²) in [5, 5.41) is 3.98. The van der Waals surface area contributed by atoms with Crippen LogP contribution in [0.25, 0.3) is 0 Å². The molecular weight excluding hydrogens is 375 g/mol. The zero-order valence-corrected chi connectivity index (χ0v) is 15.9. The van der Waals surface area contributed by atoms with Crippen molar-refractivity contribution in [3.05, 3.63) is 52.1 Å². The second-order valence-electron chi connectivity index (χ2n) is 6.09. The molecule has 2 heterocycles. The molecule has 0 radical (unpaired) electrons. The predicted octanol–water partition coefficient (Wildman–Crippen LogP) is 4.47. The molecule has 26 heavy (non-hydrogen) atoms. The number of nitrogens with one attached hydrogen (secondary N) is 1. The number of amides is 1. The van der Waals surface area contributed by atoms with Crippen LogP contribution >= 0.6 is 23.2 Å². The highest BCUT2D eigenvalue weighted by Crippen LogP contribution is 2.40. The Hall–Kier alpha value is -1.82. The Morgan fingerprint density at radius 3 is 2.65 bits per heavy atom. The molecule has 0 spiro atoms. The number of benzene rings is 1. The minimum absolute atomic E-state index is 0.129. The number of pyridine rings is 1. The van der Waals surface area contributed by atoms with Gasteiger partial charge in [0.2, 0.25) is 11.8 Å². The van der Waals surface area contributed by atoms with Crippen LogP contribution in [0.2, 0.25) is 10.0 Å². The fraction of sp³-hybridized carbons (Fsp3) is 0.368. The maximum absolute atomic E-state index is 13.2. The Bertz CT molecular complexity index is 775. The van der Waals surface area contributed by atoms with Gasteiger partial charge in [0.25, 0.3) is 0 Å².